The van der Waals surface area contributed by atoms with Crippen molar-refractivity contribution in [1.29, 1.82) is 0 Å². The van der Waals surface area contributed by atoms with E-state index in [0.717, 1.165) is 12.8 Å². The molecule has 1 aromatic rings. The van der Waals surface area contributed by atoms with Crippen molar-refractivity contribution in [2.24, 2.45) is 5.92 Å². The molecule has 1 aliphatic heterocycles. The average molecular weight is 434 g/mol. The highest BCUT2D eigenvalue weighted by atomic mass is 19.1. The zero-order chi connectivity index (χ0) is 22.9. The van der Waals surface area contributed by atoms with Gasteiger partial charge < -0.3 is 20.3 Å². The van der Waals surface area contributed by atoms with E-state index in [2.05, 4.69) is 10.6 Å². The molecule has 1 aliphatic rings. The van der Waals surface area contributed by atoms with Gasteiger partial charge in [0.05, 0.1) is 0 Å². The number of nitrogens with zero attached hydrogens (tertiary/aromatic N) is 1. The Bertz CT molecular complexity index is 796. The van der Waals surface area contributed by atoms with Crippen LogP contribution in [0.25, 0.3) is 6.08 Å². The summed E-state index contributed by atoms with van der Waals surface area (Å²) in [6.07, 6.45) is 4.33. The molecule has 31 heavy (non-hydrogen) atoms. The number of rotatable bonds is 7. The Hall–Kier alpha value is -2.90. The minimum absolute atomic E-state index is 0.0973. The van der Waals surface area contributed by atoms with E-state index in [-0.39, 0.29) is 30.6 Å². The molecule has 2 N–H and O–H groups in total. The molecule has 7 nitrogen and oxygen atoms in total. The van der Waals surface area contributed by atoms with Crippen molar-refractivity contribution >= 4 is 24.0 Å². The van der Waals surface area contributed by atoms with E-state index in [1.807, 2.05) is 0 Å². The number of amides is 3. The number of halogens is 1. The number of ether oxygens (including phenoxy) is 1. The molecule has 0 radical (unpaired) electrons. The normalized spacial score (nSPS) is 15.0. The summed E-state index contributed by atoms with van der Waals surface area (Å²) in [5, 5.41) is 5.45. The SMILES string of the molecule is CC(C)(C)OC(=O)NCCC(=O)NCC1CCN(C(=O)/C=C/c2cccc(F)c2)CC1. The molecule has 3 amide bonds. The third-order valence-corrected chi connectivity index (χ3v) is 4.80. The number of carbonyl (C=O) groups is 3. The lowest BCUT2D eigenvalue weighted by atomic mass is 9.96. The summed E-state index contributed by atoms with van der Waals surface area (Å²) in [6, 6.07) is 6.08. The van der Waals surface area contributed by atoms with Crippen molar-refractivity contribution in [2.45, 2.75) is 45.6 Å². The first kappa shape index (κ1) is 24.4. The number of hydrogen-bond acceptors (Lipinski definition) is 4. The predicted octanol–water partition coefficient (Wildman–Crippen LogP) is 3.11. The minimum atomic E-state index is -0.572. The molecule has 1 saturated heterocycles. The summed E-state index contributed by atoms with van der Waals surface area (Å²) in [6.45, 7) is 7.33. The molecule has 0 spiro atoms. The lowest BCUT2D eigenvalue weighted by Gasteiger charge is -2.31. The van der Waals surface area contributed by atoms with Gasteiger partial charge >= 0.3 is 6.09 Å². The Labute approximate surface area is 183 Å². The third-order valence-electron chi connectivity index (χ3n) is 4.80. The van der Waals surface area contributed by atoms with E-state index in [9.17, 15) is 18.8 Å². The molecule has 0 atom stereocenters. The summed E-state index contributed by atoms with van der Waals surface area (Å²) in [5.74, 6) is -0.260. The van der Waals surface area contributed by atoms with Crippen LogP contribution in [0.4, 0.5) is 9.18 Å². The van der Waals surface area contributed by atoms with Crippen molar-refractivity contribution in [1.82, 2.24) is 15.5 Å². The molecule has 8 heteroatoms. The van der Waals surface area contributed by atoms with Crippen LogP contribution in [0.5, 0.6) is 0 Å². The molecule has 1 fully saturated rings. The van der Waals surface area contributed by atoms with E-state index in [1.165, 1.54) is 18.2 Å². The first-order chi connectivity index (χ1) is 14.6. The zero-order valence-corrected chi connectivity index (χ0v) is 18.4. The van der Waals surface area contributed by atoms with Gasteiger partial charge in [-0.25, -0.2) is 9.18 Å². The minimum Gasteiger partial charge on any atom is -0.444 e. The van der Waals surface area contributed by atoms with Crippen molar-refractivity contribution in [3.63, 3.8) is 0 Å². The quantitative estimate of drug-likeness (QED) is 0.647. The number of nitrogens with one attached hydrogen (secondary N) is 2. The maximum Gasteiger partial charge on any atom is 0.407 e. The number of piperidine rings is 1. The van der Waals surface area contributed by atoms with Crippen molar-refractivity contribution in [2.75, 3.05) is 26.2 Å². The Morgan fingerprint density at radius 2 is 1.90 bits per heavy atom. The first-order valence-corrected chi connectivity index (χ1v) is 10.6. The van der Waals surface area contributed by atoms with Crippen molar-refractivity contribution < 1.29 is 23.5 Å². The fourth-order valence-electron chi connectivity index (χ4n) is 3.18. The van der Waals surface area contributed by atoms with Gasteiger partial charge in [0.15, 0.2) is 0 Å². The van der Waals surface area contributed by atoms with Gasteiger partial charge in [-0.15, -0.1) is 0 Å². The van der Waals surface area contributed by atoms with Gasteiger partial charge in [0, 0.05) is 38.7 Å². The lowest BCUT2D eigenvalue weighted by molar-refractivity contribution is -0.127. The molecule has 0 saturated carbocycles. The Morgan fingerprint density at radius 1 is 1.19 bits per heavy atom. The Kier molecular flexibility index (Phi) is 9.03. The summed E-state index contributed by atoms with van der Waals surface area (Å²) < 4.78 is 18.3. The molecule has 0 aliphatic carbocycles. The predicted molar refractivity (Wildman–Crippen MR) is 117 cm³/mol. The summed E-state index contributed by atoms with van der Waals surface area (Å²) in [5.41, 5.74) is 0.0739. The highest BCUT2D eigenvalue weighted by Gasteiger charge is 2.22. The Balaban J connectivity index is 1.62. The highest BCUT2D eigenvalue weighted by Crippen LogP contribution is 2.17. The second-order valence-electron chi connectivity index (χ2n) is 8.64. The smallest absolute Gasteiger partial charge is 0.407 e. The molecular formula is C23H32FN3O4. The van der Waals surface area contributed by atoms with Gasteiger partial charge in [0.2, 0.25) is 11.8 Å². The van der Waals surface area contributed by atoms with Crippen LogP contribution in [-0.4, -0.2) is 54.6 Å². The molecular weight excluding hydrogens is 401 g/mol. The number of likely N-dealkylation sites (tertiary alicyclic amines) is 1. The van der Waals surface area contributed by atoms with Crippen LogP contribution in [0.2, 0.25) is 0 Å². The zero-order valence-electron chi connectivity index (χ0n) is 18.4. The molecule has 2 rings (SSSR count). The van der Waals surface area contributed by atoms with Crippen LogP contribution in [-0.2, 0) is 14.3 Å². The maximum absolute atomic E-state index is 13.2. The van der Waals surface area contributed by atoms with E-state index in [0.29, 0.717) is 31.1 Å². The van der Waals surface area contributed by atoms with E-state index in [1.54, 1.807) is 43.9 Å². The van der Waals surface area contributed by atoms with Gasteiger partial charge in [-0.2, -0.15) is 0 Å². The molecule has 1 heterocycles. The van der Waals surface area contributed by atoms with Gasteiger partial charge in [-0.05, 0) is 63.3 Å². The van der Waals surface area contributed by atoms with E-state index >= 15 is 0 Å². The van der Waals surface area contributed by atoms with Crippen LogP contribution in [0.15, 0.2) is 30.3 Å². The van der Waals surface area contributed by atoms with Crippen LogP contribution in [0, 0.1) is 11.7 Å². The van der Waals surface area contributed by atoms with E-state index in [4.69, 9.17) is 4.74 Å². The van der Waals surface area contributed by atoms with E-state index < -0.39 is 11.7 Å². The van der Waals surface area contributed by atoms with Crippen molar-refractivity contribution in [3.8, 4) is 0 Å². The van der Waals surface area contributed by atoms with Crippen LogP contribution >= 0.6 is 0 Å². The molecule has 0 unspecified atom stereocenters. The molecule has 1 aromatic carbocycles. The van der Waals surface area contributed by atoms with Gasteiger partial charge in [0.25, 0.3) is 0 Å². The largest absolute Gasteiger partial charge is 0.444 e. The number of alkyl carbamates (subject to hydrolysis) is 1. The highest BCUT2D eigenvalue weighted by molar-refractivity contribution is 5.91. The number of hydrogen-bond donors (Lipinski definition) is 2. The second kappa shape index (κ2) is 11.5. The average Bonchev–Trinajstić information content (AvgIpc) is 2.69. The van der Waals surface area contributed by atoms with Crippen LogP contribution < -0.4 is 10.6 Å². The fourth-order valence-corrected chi connectivity index (χ4v) is 3.18. The van der Waals surface area contributed by atoms with Crippen molar-refractivity contribution in [3.05, 3.63) is 41.7 Å². The maximum atomic E-state index is 13.2. The second-order valence-corrected chi connectivity index (χ2v) is 8.64. The number of carbonyl (C=O) groups excluding carboxylic acids is 3. The Morgan fingerprint density at radius 3 is 2.55 bits per heavy atom. The fraction of sp³-hybridized carbons (Fsp3) is 0.522. The molecule has 0 bridgehead atoms. The first-order valence-electron chi connectivity index (χ1n) is 10.6. The number of benzene rings is 1. The third kappa shape index (κ3) is 9.63. The van der Waals surface area contributed by atoms with Gasteiger partial charge in [-0.3, -0.25) is 9.59 Å². The topological polar surface area (TPSA) is 87.7 Å². The van der Waals surface area contributed by atoms with Crippen LogP contribution in [0.1, 0.15) is 45.6 Å². The van der Waals surface area contributed by atoms with Crippen LogP contribution in [0.3, 0.4) is 0 Å². The standard InChI is InChI=1S/C23H32FN3O4/c1-23(2,3)31-22(30)25-12-9-20(28)26-16-18-10-13-27(14-11-18)21(29)8-7-17-5-4-6-19(24)15-17/h4-8,15,18H,9-14,16H2,1-3H3,(H,25,30)(H,26,28)/b8-7+. The summed E-state index contributed by atoms with van der Waals surface area (Å²) in [4.78, 5) is 37.6. The summed E-state index contributed by atoms with van der Waals surface area (Å²) in [7, 11) is 0. The lowest BCUT2D eigenvalue weighted by Crippen LogP contribution is -2.41. The summed E-state index contributed by atoms with van der Waals surface area (Å²) >= 11 is 0. The van der Waals surface area contributed by atoms with Gasteiger partial charge in [-0.1, -0.05) is 12.1 Å². The molecule has 0 aromatic heterocycles. The molecule has 170 valence electrons. The van der Waals surface area contributed by atoms with Gasteiger partial charge in [0.1, 0.15) is 11.4 Å². The monoisotopic (exact) mass is 433 g/mol.